The van der Waals surface area contributed by atoms with Crippen LogP contribution in [0, 0.1) is 0 Å². The fourth-order valence-corrected chi connectivity index (χ4v) is 5.19. The Labute approximate surface area is 217 Å². The molecule has 9 heteroatoms. The van der Waals surface area contributed by atoms with E-state index in [1.165, 1.54) is 0 Å². The standard InChI is InChI=1S/C28H38N8O/c1-18(2)35-13-15-36(16-14-35)19-9-10-20-22(17-19)31-27(30-20)25-26(29)24-21(32-28(25)37)7-6-8-23(24)34(5)12-11-33(3)4/h6-10,17-18H,11-16H2,1-5H3,(H,30,31)(H3,29,32,37). The molecule has 1 aliphatic heterocycles. The molecule has 0 radical (unpaired) electrons. The minimum atomic E-state index is -0.248. The highest BCUT2D eigenvalue weighted by molar-refractivity contribution is 6.05. The zero-order chi connectivity index (χ0) is 26.3. The summed E-state index contributed by atoms with van der Waals surface area (Å²) in [4.78, 5) is 33.6. The Morgan fingerprint density at radius 3 is 2.46 bits per heavy atom. The highest BCUT2D eigenvalue weighted by Crippen LogP contribution is 2.35. The third-order valence-electron chi connectivity index (χ3n) is 7.46. The van der Waals surface area contributed by atoms with Crippen molar-refractivity contribution in [2.45, 2.75) is 19.9 Å². The molecule has 0 saturated carbocycles. The van der Waals surface area contributed by atoms with Gasteiger partial charge in [0.25, 0.3) is 5.56 Å². The molecule has 0 aliphatic carbocycles. The number of aromatic nitrogens is 3. The summed E-state index contributed by atoms with van der Waals surface area (Å²) in [7, 11) is 6.16. The Kier molecular flexibility index (Phi) is 6.83. The maximum absolute atomic E-state index is 13.2. The predicted molar refractivity (Wildman–Crippen MR) is 155 cm³/mol. The van der Waals surface area contributed by atoms with E-state index in [1.54, 1.807) is 0 Å². The van der Waals surface area contributed by atoms with E-state index >= 15 is 0 Å². The number of hydrogen-bond acceptors (Lipinski definition) is 7. The van der Waals surface area contributed by atoms with Crippen LogP contribution in [-0.2, 0) is 0 Å². The summed E-state index contributed by atoms with van der Waals surface area (Å²) in [5.41, 5.74) is 11.9. The number of likely N-dealkylation sites (N-methyl/N-ethyl adjacent to an activating group) is 2. The van der Waals surface area contributed by atoms with Gasteiger partial charge in [-0.15, -0.1) is 0 Å². The maximum Gasteiger partial charge on any atom is 0.261 e. The van der Waals surface area contributed by atoms with Crippen LogP contribution in [-0.4, -0.2) is 91.2 Å². The van der Waals surface area contributed by atoms with E-state index in [0.29, 0.717) is 23.1 Å². The number of pyridine rings is 1. The Hall–Kier alpha value is -3.56. The van der Waals surface area contributed by atoms with Crippen molar-refractivity contribution in [3.05, 3.63) is 46.8 Å². The fourth-order valence-electron chi connectivity index (χ4n) is 5.19. The van der Waals surface area contributed by atoms with Gasteiger partial charge in [-0.3, -0.25) is 9.69 Å². The Morgan fingerprint density at radius 2 is 1.76 bits per heavy atom. The minimum Gasteiger partial charge on any atom is -0.397 e. The Balaban J connectivity index is 1.51. The van der Waals surface area contributed by atoms with Gasteiger partial charge in [0, 0.05) is 69.1 Å². The lowest BCUT2D eigenvalue weighted by Gasteiger charge is -2.38. The van der Waals surface area contributed by atoms with Gasteiger partial charge in [0.15, 0.2) is 0 Å². The molecule has 0 unspecified atom stereocenters. The smallest absolute Gasteiger partial charge is 0.261 e. The summed E-state index contributed by atoms with van der Waals surface area (Å²) in [5, 5.41) is 0.836. The minimum absolute atomic E-state index is 0.248. The van der Waals surface area contributed by atoms with Crippen molar-refractivity contribution < 1.29 is 0 Å². The Bertz CT molecular complexity index is 1460. The number of fused-ring (bicyclic) bond motifs is 2. The van der Waals surface area contributed by atoms with Crippen molar-refractivity contribution in [1.29, 1.82) is 0 Å². The molecule has 0 spiro atoms. The summed E-state index contributed by atoms with van der Waals surface area (Å²) in [5.74, 6) is 0.489. The topological polar surface area (TPSA) is 101 Å². The van der Waals surface area contributed by atoms with Gasteiger partial charge < -0.3 is 30.4 Å². The molecule has 2 aromatic carbocycles. The molecule has 0 amide bonds. The first-order valence-electron chi connectivity index (χ1n) is 13.0. The van der Waals surface area contributed by atoms with E-state index in [9.17, 15) is 4.79 Å². The second kappa shape index (κ2) is 10.1. The normalized spacial score (nSPS) is 14.9. The van der Waals surface area contributed by atoms with E-state index in [4.69, 9.17) is 10.7 Å². The number of nitrogens with one attached hydrogen (secondary N) is 2. The molecule has 4 N–H and O–H groups in total. The van der Waals surface area contributed by atoms with Crippen molar-refractivity contribution in [1.82, 2.24) is 24.8 Å². The van der Waals surface area contributed by atoms with Crippen LogP contribution in [0.4, 0.5) is 17.1 Å². The first kappa shape index (κ1) is 25.1. The number of benzene rings is 2. The first-order chi connectivity index (χ1) is 17.7. The van der Waals surface area contributed by atoms with Crippen molar-refractivity contribution >= 4 is 39.0 Å². The van der Waals surface area contributed by atoms with E-state index < -0.39 is 0 Å². The number of hydrogen-bond donors (Lipinski definition) is 3. The van der Waals surface area contributed by atoms with Gasteiger partial charge >= 0.3 is 0 Å². The summed E-state index contributed by atoms with van der Waals surface area (Å²) in [6.45, 7) is 10.3. The van der Waals surface area contributed by atoms with E-state index in [-0.39, 0.29) is 5.56 Å². The van der Waals surface area contributed by atoms with E-state index in [2.05, 4.69) is 69.6 Å². The molecular formula is C28H38N8O. The van der Waals surface area contributed by atoms with Crippen LogP contribution in [0.25, 0.3) is 33.3 Å². The predicted octanol–water partition coefficient (Wildman–Crippen LogP) is 3.18. The van der Waals surface area contributed by atoms with Crippen LogP contribution in [0.5, 0.6) is 0 Å². The lowest BCUT2D eigenvalue weighted by molar-refractivity contribution is 0.209. The molecule has 37 heavy (non-hydrogen) atoms. The van der Waals surface area contributed by atoms with Crippen LogP contribution >= 0.6 is 0 Å². The highest BCUT2D eigenvalue weighted by Gasteiger charge is 2.21. The second-order valence-corrected chi connectivity index (χ2v) is 10.6. The number of anilines is 3. The summed E-state index contributed by atoms with van der Waals surface area (Å²) in [6.07, 6.45) is 0. The molecule has 1 fully saturated rings. The van der Waals surface area contributed by atoms with Crippen LogP contribution in [0.2, 0.25) is 0 Å². The van der Waals surface area contributed by atoms with Gasteiger partial charge in [0.05, 0.1) is 22.2 Å². The number of nitrogen functional groups attached to an aromatic ring is 1. The average molecular weight is 503 g/mol. The molecule has 3 heterocycles. The van der Waals surface area contributed by atoms with Gasteiger partial charge in [-0.1, -0.05) is 6.07 Å². The number of imidazole rings is 1. The maximum atomic E-state index is 13.2. The number of aromatic amines is 2. The second-order valence-electron chi connectivity index (χ2n) is 10.6. The van der Waals surface area contributed by atoms with Crippen LogP contribution < -0.4 is 21.1 Å². The molecular weight excluding hydrogens is 464 g/mol. The van der Waals surface area contributed by atoms with Crippen molar-refractivity contribution in [3.8, 4) is 11.4 Å². The average Bonchev–Trinajstić information content (AvgIpc) is 3.29. The van der Waals surface area contributed by atoms with Crippen molar-refractivity contribution in [2.75, 3.05) is 75.9 Å². The third-order valence-corrected chi connectivity index (χ3v) is 7.46. The molecule has 0 bridgehead atoms. The summed E-state index contributed by atoms with van der Waals surface area (Å²) in [6, 6.07) is 12.7. The van der Waals surface area contributed by atoms with Gasteiger partial charge in [-0.05, 0) is 58.3 Å². The zero-order valence-corrected chi connectivity index (χ0v) is 22.5. The quantitative estimate of drug-likeness (QED) is 0.357. The number of H-pyrrole nitrogens is 2. The molecule has 196 valence electrons. The molecule has 5 rings (SSSR count). The fraction of sp³-hybridized carbons (Fsp3) is 0.429. The third kappa shape index (κ3) is 4.89. The summed E-state index contributed by atoms with van der Waals surface area (Å²) < 4.78 is 0. The van der Waals surface area contributed by atoms with E-state index in [0.717, 1.165) is 72.6 Å². The summed E-state index contributed by atoms with van der Waals surface area (Å²) >= 11 is 0. The van der Waals surface area contributed by atoms with Crippen LogP contribution in [0.3, 0.4) is 0 Å². The van der Waals surface area contributed by atoms with Crippen molar-refractivity contribution in [3.63, 3.8) is 0 Å². The molecule has 1 saturated heterocycles. The number of nitrogens with zero attached hydrogens (tertiary/aromatic N) is 5. The first-order valence-corrected chi connectivity index (χ1v) is 13.0. The number of nitrogens with two attached hydrogens (primary N) is 1. The SMILES string of the molecule is CC(C)N1CCN(c2ccc3nc(-c4c(N)c5c(N(C)CCN(C)C)cccc5[nH]c4=O)[nH]c3c2)CC1. The Morgan fingerprint density at radius 1 is 1.00 bits per heavy atom. The van der Waals surface area contributed by atoms with Gasteiger partial charge in [-0.25, -0.2) is 4.98 Å². The lowest BCUT2D eigenvalue weighted by atomic mass is 10.1. The van der Waals surface area contributed by atoms with Crippen molar-refractivity contribution in [2.24, 2.45) is 0 Å². The lowest BCUT2D eigenvalue weighted by Crippen LogP contribution is -2.48. The van der Waals surface area contributed by atoms with Gasteiger partial charge in [-0.2, -0.15) is 0 Å². The molecule has 9 nitrogen and oxygen atoms in total. The van der Waals surface area contributed by atoms with E-state index in [1.807, 2.05) is 31.3 Å². The molecule has 0 atom stereocenters. The zero-order valence-electron chi connectivity index (χ0n) is 22.5. The highest BCUT2D eigenvalue weighted by atomic mass is 16.1. The van der Waals surface area contributed by atoms with Crippen LogP contribution in [0.15, 0.2) is 41.2 Å². The molecule has 2 aromatic heterocycles. The number of piperazine rings is 1. The molecule has 1 aliphatic rings. The van der Waals surface area contributed by atoms with Crippen LogP contribution in [0.1, 0.15) is 13.8 Å². The largest absolute Gasteiger partial charge is 0.397 e. The molecule has 4 aromatic rings. The van der Waals surface area contributed by atoms with Gasteiger partial charge in [0.1, 0.15) is 11.4 Å². The monoisotopic (exact) mass is 502 g/mol. The number of rotatable bonds is 7. The van der Waals surface area contributed by atoms with Gasteiger partial charge in [0.2, 0.25) is 0 Å².